The maximum Gasteiger partial charge on any atom is 0.312 e. The normalized spacial score (nSPS) is 12.4. The minimum absolute atomic E-state index is 0.0982. The van der Waals surface area contributed by atoms with Crippen LogP contribution in [0, 0.1) is 0 Å². The number of carboxylic acid groups (broad SMARTS) is 1. The molecule has 4 heteroatoms. The Morgan fingerprint density at radius 2 is 2.50 bits per heavy atom. The number of hydrogen-bond donors (Lipinski definition) is 2. The number of carbonyl (C=O) groups is 1. The molecule has 0 fully saturated rings. The lowest BCUT2D eigenvalue weighted by atomic mass is 10.0. The van der Waals surface area contributed by atoms with E-state index in [-0.39, 0.29) is 6.54 Å². The second-order valence-electron chi connectivity index (χ2n) is 2.41. The molecule has 0 amide bonds. The van der Waals surface area contributed by atoms with E-state index in [1.807, 2.05) is 0 Å². The van der Waals surface area contributed by atoms with E-state index < -0.39 is 11.9 Å². The smallest absolute Gasteiger partial charge is 0.312 e. The molecule has 0 radical (unpaired) electrons. The van der Waals surface area contributed by atoms with Crippen molar-refractivity contribution in [2.75, 3.05) is 6.54 Å². The van der Waals surface area contributed by atoms with Crippen molar-refractivity contribution in [1.29, 1.82) is 0 Å². The van der Waals surface area contributed by atoms with Crippen LogP contribution in [0.3, 0.4) is 0 Å². The average Bonchev–Trinajstić information content (AvgIpc) is 2.07. The Bertz CT molecular complexity index is 261. The number of carboxylic acids is 1. The zero-order valence-electron chi connectivity index (χ0n) is 6.47. The number of nitrogens with two attached hydrogens (primary N) is 1. The molecule has 0 saturated heterocycles. The Hall–Kier alpha value is -1.42. The fraction of sp³-hybridized carbons (Fsp3) is 0.250. The molecule has 4 nitrogen and oxygen atoms in total. The fourth-order valence-electron chi connectivity index (χ4n) is 0.962. The molecule has 12 heavy (non-hydrogen) atoms. The molecule has 1 rings (SSSR count). The predicted octanol–water partition coefficient (Wildman–Crippen LogP) is 0.208. The van der Waals surface area contributed by atoms with E-state index in [1.54, 1.807) is 18.3 Å². The number of rotatable bonds is 3. The summed E-state index contributed by atoms with van der Waals surface area (Å²) in [5.41, 5.74) is 5.94. The molecule has 0 bridgehead atoms. The Labute approximate surface area is 70.0 Å². The van der Waals surface area contributed by atoms with Gasteiger partial charge in [0.15, 0.2) is 0 Å². The number of aliphatic carboxylic acids is 1. The van der Waals surface area contributed by atoms with Crippen LogP contribution in [-0.2, 0) is 4.79 Å². The monoisotopic (exact) mass is 166 g/mol. The van der Waals surface area contributed by atoms with Crippen molar-refractivity contribution in [2.45, 2.75) is 5.92 Å². The number of aromatic nitrogens is 1. The second-order valence-corrected chi connectivity index (χ2v) is 2.41. The third-order valence-corrected chi connectivity index (χ3v) is 1.62. The highest BCUT2D eigenvalue weighted by Crippen LogP contribution is 2.12. The first kappa shape index (κ1) is 8.67. The van der Waals surface area contributed by atoms with Crippen LogP contribution in [0.4, 0.5) is 0 Å². The Morgan fingerprint density at radius 3 is 2.92 bits per heavy atom. The topological polar surface area (TPSA) is 76.2 Å². The van der Waals surface area contributed by atoms with E-state index in [0.29, 0.717) is 5.56 Å². The summed E-state index contributed by atoms with van der Waals surface area (Å²) in [6, 6.07) is 3.40. The minimum atomic E-state index is -0.912. The Kier molecular flexibility index (Phi) is 2.76. The van der Waals surface area contributed by atoms with Crippen LogP contribution in [-0.4, -0.2) is 22.6 Å². The van der Waals surface area contributed by atoms with Crippen molar-refractivity contribution < 1.29 is 9.90 Å². The molecule has 3 N–H and O–H groups in total. The second kappa shape index (κ2) is 3.82. The Balaban J connectivity index is 2.88. The summed E-state index contributed by atoms with van der Waals surface area (Å²) in [4.78, 5) is 14.4. The van der Waals surface area contributed by atoms with Crippen LogP contribution >= 0.6 is 0 Å². The molecule has 0 aliphatic heterocycles. The van der Waals surface area contributed by atoms with Crippen molar-refractivity contribution in [3.8, 4) is 0 Å². The summed E-state index contributed by atoms with van der Waals surface area (Å²) in [6.45, 7) is 0.0982. The van der Waals surface area contributed by atoms with Crippen molar-refractivity contribution in [3.05, 3.63) is 30.1 Å². The van der Waals surface area contributed by atoms with Gasteiger partial charge in [0.25, 0.3) is 0 Å². The van der Waals surface area contributed by atoms with Gasteiger partial charge in [0, 0.05) is 18.9 Å². The van der Waals surface area contributed by atoms with E-state index in [9.17, 15) is 4.79 Å². The van der Waals surface area contributed by atoms with E-state index in [0.717, 1.165) is 0 Å². The van der Waals surface area contributed by atoms with Crippen molar-refractivity contribution >= 4 is 5.97 Å². The first-order valence-corrected chi connectivity index (χ1v) is 3.58. The largest absolute Gasteiger partial charge is 0.481 e. The first-order valence-electron chi connectivity index (χ1n) is 3.58. The number of hydrogen-bond acceptors (Lipinski definition) is 3. The van der Waals surface area contributed by atoms with Gasteiger partial charge in [0.1, 0.15) is 0 Å². The van der Waals surface area contributed by atoms with Crippen LogP contribution in [0.5, 0.6) is 0 Å². The number of pyridine rings is 1. The van der Waals surface area contributed by atoms with E-state index in [1.165, 1.54) is 6.20 Å². The highest BCUT2D eigenvalue weighted by Gasteiger charge is 2.17. The molecular weight excluding hydrogens is 156 g/mol. The zero-order chi connectivity index (χ0) is 8.97. The summed E-state index contributed by atoms with van der Waals surface area (Å²) in [5, 5.41) is 8.72. The molecule has 0 saturated carbocycles. The minimum Gasteiger partial charge on any atom is -0.481 e. The summed E-state index contributed by atoms with van der Waals surface area (Å²) >= 11 is 0. The number of nitrogens with zero attached hydrogens (tertiary/aromatic N) is 1. The quantitative estimate of drug-likeness (QED) is 0.672. The van der Waals surface area contributed by atoms with E-state index in [2.05, 4.69) is 4.98 Å². The third kappa shape index (κ3) is 1.79. The van der Waals surface area contributed by atoms with Crippen LogP contribution in [0.2, 0.25) is 0 Å². The van der Waals surface area contributed by atoms with Gasteiger partial charge in [-0.1, -0.05) is 6.07 Å². The van der Waals surface area contributed by atoms with Gasteiger partial charge >= 0.3 is 5.97 Å². The van der Waals surface area contributed by atoms with Crippen molar-refractivity contribution in [2.24, 2.45) is 5.73 Å². The zero-order valence-corrected chi connectivity index (χ0v) is 6.47. The molecule has 0 aliphatic carbocycles. The molecule has 1 aromatic heterocycles. The van der Waals surface area contributed by atoms with Crippen molar-refractivity contribution in [3.63, 3.8) is 0 Å². The van der Waals surface area contributed by atoms with Crippen LogP contribution < -0.4 is 5.73 Å². The summed E-state index contributed by atoms with van der Waals surface area (Å²) in [6.07, 6.45) is 3.12. The molecule has 1 aromatic rings. The van der Waals surface area contributed by atoms with Gasteiger partial charge < -0.3 is 10.8 Å². The van der Waals surface area contributed by atoms with Crippen LogP contribution in [0.25, 0.3) is 0 Å². The van der Waals surface area contributed by atoms with E-state index >= 15 is 0 Å². The summed E-state index contributed by atoms with van der Waals surface area (Å²) in [7, 11) is 0. The highest BCUT2D eigenvalue weighted by atomic mass is 16.4. The lowest BCUT2D eigenvalue weighted by Gasteiger charge is -2.07. The highest BCUT2D eigenvalue weighted by molar-refractivity contribution is 5.76. The van der Waals surface area contributed by atoms with Crippen LogP contribution in [0.15, 0.2) is 24.5 Å². The lowest BCUT2D eigenvalue weighted by molar-refractivity contribution is -0.138. The Morgan fingerprint density at radius 1 is 1.75 bits per heavy atom. The van der Waals surface area contributed by atoms with E-state index in [4.69, 9.17) is 10.8 Å². The maximum absolute atomic E-state index is 10.6. The van der Waals surface area contributed by atoms with Gasteiger partial charge in [0.05, 0.1) is 5.92 Å². The molecule has 1 unspecified atom stereocenters. The standard InChI is InChI=1S/C8H10N2O2/c9-4-7(8(11)12)6-2-1-3-10-5-6/h1-3,5,7H,4,9H2,(H,11,12). The van der Waals surface area contributed by atoms with Crippen LogP contribution in [0.1, 0.15) is 11.5 Å². The molecular formula is C8H10N2O2. The van der Waals surface area contributed by atoms with Crippen molar-refractivity contribution in [1.82, 2.24) is 4.98 Å². The molecule has 1 atom stereocenters. The summed E-state index contributed by atoms with van der Waals surface area (Å²) in [5.74, 6) is -1.55. The van der Waals surface area contributed by atoms with Gasteiger partial charge in [-0.05, 0) is 11.6 Å². The lowest BCUT2D eigenvalue weighted by Crippen LogP contribution is -2.21. The summed E-state index contributed by atoms with van der Waals surface area (Å²) < 4.78 is 0. The average molecular weight is 166 g/mol. The molecule has 1 heterocycles. The van der Waals surface area contributed by atoms with Gasteiger partial charge in [-0.25, -0.2) is 0 Å². The van der Waals surface area contributed by atoms with Gasteiger partial charge in [-0.3, -0.25) is 9.78 Å². The van der Waals surface area contributed by atoms with Gasteiger partial charge in [0.2, 0.25) is 0 Å². The predicted molar refractivity (Wildman–Crippen MR) is 43.7 cm³/mol. The fourth-order valence-corrected chi connectivity index (χ4v) is 0.962. The SMILES string of the molecule is NCC(C(=O)O)c1cccnc1. The molecule has 0 spiro atoms. The molecule has 64 valence electrons. The van der Waals surface area contributed by atoms with Gasteiger partial charge in [-0.15, -0.1) is 0 Å². The maximum atomic E-state index is 10.6. The molecule has 0 aromatic carbocycles. The third-order valence-electron chi connectivity index (χ3n) is 1.62. The van der Waals surface area contributed by atoms with Gasteiger partial charge in [-0.2, -0.15) is 0 Å². The molecule has 0 aliphatic rings. The first-order chi connectivity index (χ1) is 5.75.